The first-order valence-electron chi connectivity index (χ1n) is 5.89. The molecule has 1 aliphatic heterocycles. The SMILES string of the molecule is CN(CCC1NCCC1O)C1CCC1. The van der Waals surface area contributed by atoms with Gasteiger partial charge in [0, 0.05) is 12.1 Å². The molecule has 0 spiro atoms. The molecule has 2 fully saturated rings. The first-order chi connectivity index (χ1) is 6.77. The lowest BCUT2D eigenvalue weighted by Gasteiger charge is -2.35. The molecule has 3 nitrogen and oxygen atoms in total. The topological polar surface area (TPSA) is 35.5 Å². The van der Waals surface area contributed by atoms with Gasteiger partial charge in [0.25, 0.3) is 0 Å². The van der Waals surface area contributed by atoms with Crippen molar-refractivity contribution < 1.29 is 5.11 Å². The Balaban J connectivity index is 1.65. The summed E-state index contributed by atoms with van der Waals surface area (Å²) in [6, 6.07) is 1.17. The molecule has 0 aromatic carbocycles. The van der Waals surface area contributed by atoms with Crippen molar-refractivity contribution in [3.05, 3.63) is 0 Å². The van der Waals surface area contributed by atoms with Gasteiger partial charge in [-0.3, -0.25) is 0 Å². The van der Waals surface area contributed by atoms with Gasteiger partial charge in [0.15, 0.2) is 0 Å². The second kappa shape index (κ2) is 4.60. The quantitative estimate of drug-likeness (QED) is 0.694. The van der Waals surface area contributed by atoms with Crippen LogP contribution in [0.5, 0.6) is 0 Å². The fourth-order valence-corrected chi connectivity index (χ4v) is 2.40. The Morgan fingerprint density at radius 3 is 2.64 bits per heavy atom. The van der Waals surface area contributed by atoms with Crippen LogP contribution in [0.4, 0.5) is 0 Å². The predicted octanol–water partition coefficient (Wildman–Crippen LogP) is 0.584. The van der Waals surface area contributed by atoms with E-state index in [2.05, 4.69) is 17.3 Å². The van der Waals surface area contributed by atoms with Crippen LogP contribution < -0.4 is 5.32 Å². The smallest absolute Gasteiger partial charge is 0.0705 e. The lowest BCUT2D eigenvalue weighted by molar-refractivity contribution is 0.124. The molecule has 2 unspecified atom stereocenters. The Hall–Kier alpha value is -0.120. The highest BCUT2D eigenvalue weighted by Gasteiger charge is 2.26. The van der Waals surface area contributed by atoms with Gasteiger partial charge in [-0.2, -0.15) is 0 Å². The maximum absolute atomic E-state index is 9.63. The lowest BCUT2D eigenvalue weighted by Crippen LogP contribution is -2.41. The third-order valence-corrected chi connectivity index (χ3v) is 3.80. The highest BCUT2D eigenvalue weighted by molar-refractivity contribution is 4.85. The van der Waals surface area contributed by atoms with Crippen LogP contribution in [-0.4, -0.2) is 48.3 Å². The summed E-state index contributed by atoms with van der Waals surface area (Å²) in [6.07, 6.45) is 6.06. The number of hydrogen-bond donors (Lipinski definition) is 2. The van der Waals surface area contributed by atoms with Crippen LogP contribution in [0.15, 0.2) is 0 Å². The van der Waals surface area contributed by atoms with Crippen molar-refractivity contribution in [3.8, 4) is 0 Å². The van der Waals surface area contributed by atoms with Crippen LogP contribution in [0, 0.1) is 0 Å². The average Bonchev–Trinajstić information content (AvgIpc) is 2.44. The molecule has 1 heterocycles. The molecule has 82 valence electrons. The van der Waals surface area contributed by atoms with Gasteiger partial charge in [-0.05, 0) is 45.8 Å². The molecule has 0 bridgehead atoms. The van der Waals surface area contributed by atoms with Crippen LogP contribution in [0.3, 0.4) is 0 Å². The van der Waals surface area contributed by atoms with Crippen molar-refractivity contribution >= 4 is 0 Å². The summed E-state index contributed by atoms with van der Waals surface area (Å²) in [5, 5.41) is 13.0. The highest BCUT2D eigenvalue weighted by atomic mass is 16.3. The number of aliphatic hydroxyl groups is 1. The normalized spacial score (nSPS) is 33.6. The zero-order chi connectivity index (χ0) is 9.97. The average molecular weight is 198 g/mol. The molecule has 1 saturated carbocycles. The van der Waals surface area contributed by atoms with Crippen molar-refractivity contribution in [1.82, 2.24) is 10.2 Å². The molecule has 2 aliphatic rings. The summed E-state index contributed by atoms with van der Waals surface area (Å²) in [4.78, 5) is 2.45. The summed E-state index contributed by atoms with van der Waals surface area (Å²) >= 11 is 0. The van der Waals surface area contributed by atoms with Crippen LogP contribution in [-0.2, 0) is 0 Å². The molecule has 1 aliphatic carbocycles. The number of rotatable bonds is 4. The summed E-state index contributed by atoms with van der Waals surface area (Å²) in [5.41, 5.74) is 0. The molecule has 2 N–H and O–H groups in total. The van der Waals surface area contributed by atoms with E-state index in [1.165, 1.54) is 19.3 Å². The molecule has 0 aromatic heterocycles. The fourth-order valence-electron chi connectivity index (χ4n) is 2.40. The molecule has 0 amide bonds. The number of nitrogens with zero attached hydrogens (tertiary/aromatic N) is 1. The van der Waals surface area contributed by atoms with Crippen LogP contribution in [0.1, 0.15) is 32.1 Å². The molecule has 0 aromatic rings. The third kappa shape index (κ3) is 2.27. The van der Waals surface area contributed by atoms with E-state index in [9.17, 15) is 5.11 Å². The zero-order valence-corrected chi connectivity index (χ0v) is 9.08. The second-order valence-electron chi connectivity index (χ2n) is 4.77. The van der Waals surface area contributed by atoms with E-state index < -0.39 is 0 Å². The third-order valence-electron chi connectivity index (χ3n) is 3.80. The Morgan fingerprint density at radius 1 is 1.36 bits per heavy atom. The summed E-state index contributed by atoms with van der Waals surface area (Å²) in [6.45, 7) is 2.11. The minimum Gasteiger partial charge on any atom is -0.391 e. The Kier molecular flexibility index (Phi) is 3.42. The van der Waals surface area contributed by atoms with Crippen molar-refractivity contribution in [2.45, 2.75) is 50.3 Å². The molecule has 14 heavy (non-hydrogen) atoms. The minimum atomic E-state index is -0.107. The predicted molar refractivity (Wildman–Crippen MR) is 57.3 cm³/mol. The van der Waals surface area contributed by atoms with Gasteiger partial charge < -0.3 is 15.3 Å². The van der Waals surface area contributed by atoms with Gasteiger partial charge in [0.05, 0.1) is 6.10 Å². The first kappa shape index (κ1) is 10.4. The van der Waals surface area contributed by atoms with Crippen molar-refractivity contribution in [2.75, 3.05) is 20.1 Å². The molecule has 2 rings (SSSR count). The first-order valence-corrected chi connectivity index (χ1v) is 5.89. The van der Waals surface area contributed by atoms with Gasteiger partial charge in [0.2, 0.25) is 0 Å². The van der Waals surface area contributed by atoms with Crippen molar-refractivity contribution in [2.24, 2.45) is 0 Å². The van der Waals surface area contributed by atoms with Crippen LogP contribution in [0.25, 0.3) is 0 Å². The van der Waals surface area contributed by atoms with E-state index in [4.69, 9.17) is 0 Å². The Morgan fingerprint density at radius 2 is 2.14 bits per heavy atom. The molecule has 0 radical (unpaired) electrons. The summed E-state index contributed by atoms with van der Waals surface area (Å²) < 4.78 is 0. The van der Waals surface area contributed by atoms with Gasteiger partial charge in [-0.25, -0.2) is 0 Å². The maximum Gasteiger partial charge on any atom is 0.0705 e. The van der Waals surface area contributed by atoms with Crippen molar-refractivity contribution in [3.63, 3.8) is 0 Å². The highest BCUT2D eigenvalue weighted by Crippen LogP contribution is 2.24. The van der Waals surface area contributed by atoms with Gasteiger partial charge in [0.1, 0.15) is 0 Å². The van der Waals surface area contributed by atoms with E-state index in [0.29, 0.717) is 6.04 Å². The second-order valence-corrected chi connectivity index (χ2v) is 4.77. The van der Waals surface area contributed by atoms with Gasteiger partial charge in [-0.1, -0.05) is 6.42 Å². The van der Waals surface area contributed by atoms with E-state index in [0.717, 1.165) is 32.0 Å². The van der Waals surface area contributed by atoms with E-state index in [1.54, 1.807) is 0 Å². The lowest BCUT2D eigenvalue weighted by atomic mass is 9.91. The molecular formula is C11H22N2O. The van der Waals surface area contributed by atoms with E-state index in [1.807, 2.05) is 0 Å². The number of hydrogen-bond acceptors (Lipinski definition) is 3. The fraction of sp³-hybridized carbons (Fsp3) is 1.00. The molecule has 1 saturated heterocycles. The monoisotopic (exact) mass is 198 g/mol. The number of aliphatic hydroxyl groups excluding tert-OH is 1. The summed E-state index contributed by atoms with van der Waals surface area (Å²) in [5.74, 6) is 0. The largest absolute Gasteiger partial charge is 0.391 e. The zero-order valence-electron chi connectivity index (χ0n) is 9.08. The van der Waals surface area contributed by atoms with E-state index >= 15 is 0 Å². The maximum atomic E-state index is 9.63. The van der Waals surface area contributed by atoms with Crippen LogP contribution >= 0.6 is 0 Å². The van der Waals surface area contributed by atoms with Gasteiger partial charge in [-0.15, -0.1) is 0 Å². The van der Waals surface area contributed by atoms with E-state index in [-0.39, 0.29) is 6.10 Å². The number of nitrogens with one attached hydrogen (secondary N) is 1. The molecule has 3 heteroatoms. The van der Waals surface area contributed by atoms with Crippen LogP contribution in [0.2, 0.25) is 0 Å². The van der Waals surface area contributed by atoms with Crippen molar-refractivity contribution in [1.29, 1.82) is 0 Å². The van der Waals surface area contributed by atoms with Gasteiger partial charge >= 0.3 is 0 Å². The summed E-state index contributed by atoms with van der Waals surface area (Å²) in [7, 11) is 2.21. The standard InChI is InChI=1S/C11H22N2O/c1-13(9-3-2-4-9)8-6-10-11(14)5-7-12-10/h9-12,14H,2-8H2,1H3. The minimum absolute atomic E-state index is 0.107. The molecular weight excluding hydrogens is 176 g/mol. The Labute approximate surface area is 86.5 Å². The Bertz CT molecular complexity index is 182. The molecule has 2 atom stereocenters.